The van der Waals surface area contributed by atoms with Crippen LogP contribution in [0.2, 0.25) is 0 Å². The predicted octanol–water partition coefficient (Wildman–Crippen LogP) is 16.4. The van der Waals surface area contributed by atoms with Gasteiger partial charge in [-0.3, -0.25) is 28.8 Å². The highest BCUT2D eigenvalue weighted by Gasteiger charge is 2.75. The van der Waals surface area contributed by atoms with Gasteiger partial charge in [0.2, 0.25) is 0 Å². The quantitative estimate of drug-likeness (QED) is 0.0405. The molecular formula is C78H124O15. The number of hydrogen-bond donors (Lipinski definition) is 2. The molecule has 0 unspecified atom stereocenters. The molecule has 0 bridgehead atoms. The van der Waals surface area contributed by atoms with Crippen LogP contribution >= 0.6 is 0 Å². The maximum absolute atomic E-state index is 14.0. The maximum Gasteiger partial charge on any atom is 0.314 e. The van der Waals surface area contributed by atoms with Gasteiger partial charge < -0.3 is 43.4 Å². The van der Waals surface area contributed by atoms with Gasteiger partial charge in [-0.25, -0.2) is 0 Å². The topological polar surface area (TPSA) is 207 Å². The Morgan fingerprint density at radius 2 is 0.828 bits per heavy atom. The van der Waals surface area contributed by atoms with Crippen LogP contribution in [0.1, 0.15) is 252 Å². The van der Waals surface area contributed by atoms with E-state index in [2.05, 4.69) is 96.2 Å². The summed E-state index contributed by atoms with van der Waals surface area (Å²) < 4.78 is 39.7. The second-order valence-corrected chi connectivity index (χ2v) is 36.4. The molecule has 15 heteroatoms. The van der Waals surface area contributed by atoms with Crippen LogP contribution in [0, 0.1) is 124 Å². The molecule has 10 saturated carbocycles. The van der Waals surface area contributed by atoms with Gasteiger partial charge in [-0.2, -0.15) is 0 Å². The Balaban J connectivity index is 0.000000220. The highest BCUT2D eigenvalue weighted by atomic mass is 16.7. The Morgan fingerprint density at radius 1 is 0.441 bits per heavy atom. The van der Waals surface area contributed by atoms with E-state index in [0.29, 0.717) is 60.6 Å². The van der Waals surface area contributed by atoms with Crippen molar-refractivity contribution < 1.29 is 72.1 Å². The van der Waals surface area contributed by atoms with Crippen LogP contribution in [0.5, 0.6) is 0 Å². The lowest BCUT2D eigenvalue weighted by Gasteiger charge is -2.72. The summed E-state index contributed by atoms with van der Waals surface area (Å²) in [7, 11) is 3.20. The minimum atomic E-state index is -1.15. The number of esters is 4. The summed E-state index contributed by atoms with van der Waals surface area (Å²) in [6, 6.07) is 0. The zero-order chi connectivity index (χ0) is 68.9. The largest absolute Gasteiger partial charge is 0.481 e. The highest BCUT2D eigenvalue weighted by Crippen LogP contribution is 2.80. The van der Waals surface area contributed by atoms with Crippen LogP contribution in [0.3, 0.4) is 0 Å². The Morgan fingerprint density at radius 3 is 1.18 bits per heavy atom. The van der Waals surface area contributed by atoms with Crippen LogP contribution in [-0.2, 0) is 61.9 Å². The van der Waals surface area contributed by atoms with E-state index in [0.717, 1.165) is 128 Å². The third kappa shape index (κ3) is 11.8. The summed E-state index contributed by atoms with van der Waals surface area (Å²) in [5.41, 5.74) is -0.605. The van der Waals surface area contributed by atoms with Gasteiger partial charge in [0.25, 0.3) is 0 Å². The van der Waals surface area contributed by atoms with Crippen LogP contribution in [-0.4, -0.2) is 99.3 Å². The molecule has 0 spiro atoms. The minimum absolute atomic E-state index is 0.00984. The second-order valence-electron chi connectivity index (χ2n) is 36.4. The molecule has 93 heavy (non-hydrogen) atoms. The molecule has 0 aromatic rings. The van der Waals surface area contributed by atoms with Crippen LogP contribution in [0.15, 0.2) is 24.3 Å². The lowest BCUT2D eigenvalue weighted by atomic mass is 9.32. The number of carbonyl (C=O) groups excluding carboxylic acids is 4. The Kier molecular flexibility index (Phi) is 20.4. The van der Waals surface area contributed by atoms with Crippen molar-refractivity contribution in [1.82, 2.24) is 0 Å². The summed E-state index contributed by atoms with van der Waals surface area (Å²) in [4.78, 5) is 77.2. The SMILES string of the molecule is C=C(C)[C@@H]1CC[C@]2(C(=O)OCOC)CC[C@]3(C)[C@H](CC[C@@H]4[C@@]5(C)CC[C@H](OC(=O)CC(C)(C)C(=O)O)C(C)(C)[C@@H]5CC[C@]43C)[C@@H]12.C=C(C)[C@@H]1CC[C@]2(C(=O)OCOCCOC)CC[C@]3(C)[C@H](CC[C@@H]4[C@@]5(C)CC[C@H](OC(=O)CC(C)(C)C(=O)O)C(C)(C)[C@@H]5CC[C@]43C)[C@@H]12. The average molecular weight is 1300 g/mol. The molecular weight excluding hydrogens is 1180 g/mol. The first-order valence-electron chi connectivity index (χ1n) is 36.2. The molecule has 15 nitrogen and oxygen atoms in total. The van der Waals surface area contributed by atoms with E-state index in [9.17, 15) is 39.0 Å². The zero-order valence-corrected chi connectivity index (χ0v) is 60.9. The molecule has 0 aliphatic heterocycles. The van der Waals surface area contributed by atoms with Crippen molar-refractivity contribution in [1.29, 1.82) is 0 Å². The normalized spacial score (nSPS) is 42.6. The van der Waals surface area contributed by atoms with Crippen molar-refractivity contribution in [2.45, 2.75) is 264 Å². The van der Waals surface area contributed by atoms with Crippen molar-refractivity contribution in [2.24, 2.45) is 124 Å². The average Bonchev–Trinajstić information content (AvgIpc) is 1.58. The molecule has 0 amide bonds. The molecule has 2 N–H and O–H groups in total. The molecule has 20 atom stereocenters. The molecule has 10 fully saturated rings. The zero-order valence-electron chi connectivity index (χ0n) is 60.9. The van der Waals surface area contributed by atoms with E-state index in [1.165, 1.54) is 11.1 Å². The number of ether oxygens (including phenoxy) is 7. The van der Waals surface area contributed by atoms with Gasteiger partial charge in [0.05, 0.1) is 47.7 Å². The predicted molar refractivity (Wildman–Crippen MR) is 357 cm³/mol. The van der Waals surface area contributed by atoms with Crippen LogP contribution < -0.4 is 0 Å². The van der Waals surface area contributed by atoms with E-state index in [1.807, 2.05) is 0 Å². The first-order chi connectivity index (χ1) is 43.1. The van der Waals surface area contributed by atoms with Gasteiger partial charge in [-0.15, -0.1) is 0 Å². The lowest BCUT2D eigenvalue weighted by molar-refractivity contribution is -0.252. The van der Waals surface area contributed by atoms with Crippen molar-refractivity contribution in [2.75, 3.05) is 41.0 Å². The molecule has 526 valence electrons. The number of carboxylic acid groups (broad SMARTS) is 2. The van der Waals surface area contributed by atoms with Crippen molar-refractivity contribution in [3.63, 3.8) is 0 Å². The number of hydrogen-bond acceptors (Lipinski definition) is 13. The molecule has 0 saturated heterocycles. The van der Waals surface area contributed by atoms with Crippen molar-refractivity contribution in [3.05, 3.63) is 24.3 Å². The van der Waals surface area contributed by atoms with E-state index in [1.54, 1.807) is 41.9 Å². The Bertz CT molecular complexity index is 2870. The van der Waals surface area contributed by atoms with E-state index >= 15 is 0 Å². The third-order valence-electron chi connectivity index (χ3n) is 30.7. The number of carbonyl (C=O) groups is 6. The standard InChI is InChI=1S/C40H64O8.C38H60O7/c1-25(2)26-13-18-40(34(44)47-24-46-22-21-45-10)20-19-38(8)27(32(26)40)11-12-29-37(7)16-15-30(48-31(41)23-35(3,4)33(42)43)36(5,6)28(37)14-17-39(29,38)9;1-23(2)24-13-18-38(32(42)44-22-43-10)20-19-36(8)25(30(24)38)11-12-27-35(7)16-15-28(45-29(39)21-33(3,4)31(40)41)34(5,6)26(35)14-17-37(27,36)9/h26-30,32H,1,11-24H2,2-10H3,(H,42,43);24-28,30H,1,11-22H2,2-10H3,(H,40,41)/t26-,27+,28-,29+,30-,32+,37-,38+,39+,40-;24-,25+,26-,27+,28-,30+,35-,36+,37+,38-/m00/s1. The summed E-state index contributed by atoms with van der Waals surface area (Å²) in [6.07, 6.45) is 19.4. The van der Waals surface area contributed by atoms with Crippen molar-refractivity contribution >= 4 is 35.8 Å². The second kappa shape index (κ2) is 25.8. The first-order valence-corrected chi connectivity index (χ1v) is 36.2. The lowest BCUT2D eigenvalue weighted by Crippen LogP contribution is -2.67. The van der Waals surface area contributed by atoms with E-state index in [-0.39, 0.29) is 106 Å². The molecule has 10 aliphatic rings. The minimum Gasteiger partial charge on any atom is -0.481 e. The van der Waals surface area contributed by atoms with Crippen LogP contribution in [0.4, 0.5) is 0 Å². The van der Waals surface area contributed by atoms with Crippen molar-refractivity contribution in [3.8, 4) is 0 Å². The molecule has 10 rings (SSSR count). The molecule has 0 aromatic carbocycles. The maximum atomic E-state index is 14.0. The molecule has 10 aliphatic carbocycles. The fourth-order valence-electron chi connectivity index (χ4n) is 25.3. The van der Waals surface area contributed by atoms with Gasteiger partial charge in [-0.1, -0.05) is 93.5 Å². The Labute approximate surface area is 559 Å². The van der Waals surface area contributed by atoms with E-state index in [4.69, 9.17) is 33.2 Å². The molecule has 0 radical (unpaired) electrons. The van der Waals surface area contributed by atoms with Gasteiger partial charge in [0.1, 0.15) is 12.2 Å². The first kappa shape index (κ1) is 73.4. The third-order valence-corrected chi connectivity index (χ3v) is 30.7. The summed E-state index contributed by atoms with van der Waals surface area (Å²) >= 11 is 0. The fraction of sp³-hybridized carbons (Fsp3) is 0.872. The van der Waals surface area contributed by atoms with E-state index < -0.39 is 45.5 Å². The van der Waals surface area contributed by atoms with Gasteiger partial charge in [0.15, 0.2) is 13.6 Å². The van der Waals surface area contributed by atoms with Crippen LogP contribution in [0.25, 0.3) is 0 Å². The molecule has 0 aromatic heterocycles. The summed E-state index contributed by atoms with van der Waals surface area (Å²) in [5, 5.41) is 19.1. The summed E-state index contributed by atoms with van der Waals surface area (Å²) in [6.45, 7) is 44.8. The highest BCUT2D eigenvalue weighted by molar-refractivity contribution is 5.82. The molecule has 0 heterocycles. The number of aliphatic carboxylic acids is 2. The van der Waals surface area contributed by atoms with Gasteiger partial charge >= 0.3 is 35.8 Å². The van der Waals surface area contributed by atoms with Gasteiger partial charge in [-0.05, 0) is 262 Å². The Hall–Kier alpha value is -3.82. The van der Waals surface area contributed by atoms with Gasteiger partial charge in [0, 0.05) is 25.0 Å². The monoisotopic (exact) mass is 1300 g/mol. The number of allylic oxidation sites excluding steroid dienone is 2. The number of fused-ring (bicyclic) bond motifs is 14. The number of carboxylic acids is 2. The number of rotatable bonds is 19. The smallest absolute Gasteiger partial charge is 0.314 e. The number of methoxy groups -OCH3 is 2. The fourth-order valence-corrected chi connectivity index (χ4v) is 25.3. The summed E-state index contributed by atoms with van der Waals surface area (Å²) in [5.74, 6) is 0.945.